The summed E-state index contributed by atoms with van der Waals surface area (Å²) in [7, 11) is 4.05. The number of H-pyrrole nitrogens is 1. The smallest absolute Gasteiger partial charge is 0.290 e. The van der Waals surface area contributed by atoms with Gasteiger partial charge in [-0.1, -0.05) is 6.07 Å². The number of nitrogens with one attached hydrogen (secondary N) is 1. The molecule has 9 heteroatoms. The predicted molar refractivity (Wildman–Crippen MR) is 107 cm³/mol. The summed E-state index contributed by atoms with van der Waals surface area (Å²) in [6.07, 6.45) is 2.63. The number of aryl methyl sites for hydroxylation is 1. The van der Waals surface area contributed by atoms with Gasteiger partial charge in [0.2, 0.25) is 0 Å². The minimum Gasteiger partial charge on any atom is -0.483 e. The Morgan fingerprint density at radius 3 is 2.72 bits per heavy atom. The summed E-state index contributed by atoms with van der Waals surface area (Å²) in [6.45, 7) is 3.70. The Balaban J connectivity index is 0.000000755. The lowest BCUT2D eigenvalue weighted by molar-refractivity contribution is -0.122. The summed E-state index contributed by atoms with van der Waals surface area (Å²) >= 11 is 0. The highest BCUT2D eigenvalue weighted by Gasteiger charge is 2.42. The molecule has 0 aliphatic carbocycles. The molecule has 0 unspecified atom stereocenters. The van der Waals surface area contributed by atoms with Gasteiger partial charge in [-0.25, -0.2) is 4.98 Å². The summed E-state index contributed by atoms with van der Waals surface area (Å²) in [6, 6.07) is 5.60. The SMILES string of the molecule is Cc1ncc(C(=O)N2C[C@H]3C[C@@H](C2)[C@H](CN(C)C)n2c3cccc2=O)[nH]1.O=CO. The minimum atomic E-state index is -0.250. The molecule has 0 radical (unpaired) electrons. The van der Waals surface area contributed by atoms with Crippen LogP contribution < -0.4 is 5.56 Å². The summed E-state index contributed by atoms with van der Waals surface area (Å²) in [4.78, 5) is 45.1. The second-order valence-electron chi connectivity index (χ2n) is 7.88. The molecule has 3 atom stereocenters. The predicted octanol–water partition coefficient (Wildman–Crippen LogP) is 0.943. The molecule has 1 amide bonds. The van der Waals surface area contributed by atoms with Crippen molar-refractivity contribution in [2.45, 2.75) is 25.3 Å². The second kappa shape index (κ2) is 8.60. The number of nitrogens with zero attached hydrogens (tertiary/aromatic N) is 4. The highest BCUT2D eigenvalue weighted by Crippen LogP contribution is 2.41. The number of carboxylic acid groups (broad SMARTS) is 1. The van der Waals surface area contributed by atoms with Crippen molar-refractivity contribution >= 4 is 12.4 Å². The van der Waals surface area contributed by atoms with Gasteiger partial charge in [-0.3, -0.25) is 14.4 Å². The van der Waals surface area contributed by atoms with Gasteiger partial charge < -0.3 is 24.5 Å². The van der Waals surface area contributed by atoms with Gasteiger partial charge in [0.1, 0.15) is 11.5 Å². The van der Waals surface area contributed by atoms with Crippen LogP contribution in [0.15, 0.2) is 29.2 Å². The Bertz CT molecular complexity index is 935. The molecule has 0 aromatic carbocycles. The number of hydrogen-bond acceptors (Lipinski definition) is 5. The summed E-state index contributed by atoms with van der Waals surface area (Å²) in [5.74, 6) is 1.22. The number of likely N-dealkylation sites (N-methyl/N-ethyl adjacent to an activating group) is 1. The Morgan fingerprint density at radius 2 is 2.10 bits per heavy atom. The van der Waals surface area contributed by atoms with Gasteiger partial charge in [0.05, 0.1) is 12.2 Å². The number of hydrogen-bond donors (Lipinski definition) is 2. The number of imidazole rings is 1. The number of rotatable bonds is 3. The first-order chi connectivity index (χ1) is 13.8. The van der Waals surface area contributed by atoms with Crippen molar-refractivity contribution < 1.29 is 14.7 Å². The van der Waals surface area contributed by atoms with Crippen LogP contribution in [0.2, 0.25) is 0 Å². The van der Waals surface area contributed by atoms with E-state index >= 15 is 0 Å². The molecular formula is C20H27N5O4. The Labute approximate surface area is 169 Å². The first-order valence-electron chi connectivity index (χ1n) is 9.60. The standard InChI is InChI=1S/C19H25N5O2.CH2O2/c1-12-20-8-15(21-12)19(26)23-9-13-7-14(10-23)17(11-22(2)3)24-16(13)5-4-6-18(24)25;2-1-3/h4-6,8,13-14,17H,7,9-11H2,1-3H3,(H,20,21);1H,(H,2,3)/t13-,14+,17+;/m1./s1. The fourth-order valence-electron chi connectivity index (χ4n) is 4.52. The van der Waals surface area contributed by atoms with E-state index in [0.29, 0.717) is 18.8 Å². The molecule has 0 spiro atoms. The van der Waals surface area contributed by atoms with E-state index < -0.39 is 0 Å². The van der Waals surface area contributed by atoms with Crippen LogP contribution in [0.1, 0.15) is 40.4 Å². The molecule has 2 aromatic heterocycles. The molecule has 2 aliphatic heterocycles. The van der Waals surface area contributed by atoms with E-state index in [1.165, 1.54) is 0 Å². The number of amides is 1. The van der Waals surface area contributed by atoms with E-state index in [-0.39, 0.29) is 35.8 Å². The number of carbonyl (C=O) groups is 2. The first-order valence-corrected chi connectivity index (χ1v) is 9.60. The van der Waals surface area contributed by atoms with E-state index in [0.717, 1.165) is 24.5 Å². The van der Waals surface area contributed by atoms with Crippen LogP contribution in [-0.4, -0.2) is 75.6 Å². The van der Waals surface area contributed by atoms with E-state index in [1.807, 2.05) is 42.6 Å². The highest BCUT2D eigenvalue weighted by molar-refractivity contribution is 5.92. The van der Waals surface area contributed by atoms with Gasteiger partial charge in [0.15, 0.2) is 0 Å². The number of aromatic amines is 1. The van der Waals surface area contributed by atoms with E-state index in [4.69, 9.17) is 9.90 Å². The fourth-order valence-corrected chi connectivity index (χ4v) is 4.52. The largest absolute Gasteiger partial charge is 0.483 e. The summed E-state index contributed by atoms with van der Waals surface area (Å²) in [5, 5.41) is 6.89. The van der Waals surface area contributed by atoms with Crippen LogP contribution in [0.4, 0.5) is 0 Å². The molecule has 9 nitrogen and oxygen atoms in total. The lowest BCUT2D eigenvalue weighted by Gasteiger charge is -2.47. The quantitative estimate of drug-likeness (QED) is 0.741. The number of carbonyl (C=O) groups excluding carboxylic acids is 1. The van der Waals surface area contributed by atoms with E-state index in [2.05, 4.69) is 14.9 Å². The van der Waals surface area contributed by atoms with Crippen LogP contribution in [0.5, 0.6) is 0 Å². The van der Waals surface area contributed by atoms with Crippen molar-refractivity contribution in [1.82, 2.24) is 24.3 Å². The van der Waals surface area contributed by atoms with Crippen molar-refractivity contribution in [3.8, 4) is 0 Å². The van der Waals surface area contributed by atoms with Gasteiger partial charge in [-0.05, 0) is 39.4 Å². The lowest BCUT2D eigenvalue weighted by atomic mass is 9.78. The third-order valence-corrected chi connectivity index (χ3v) is 5.57. The molecule has 29 heavy (non-hydrogen) atoms. The molecule has 2 aliphatic rings. The van der Waals surface area contributed by atoms with Crippen LogP contribution >= 0.6 is 0 Å². The van der Waals surface area contributed by atoms with Crippen LogP contribution in [0, 0.1) is 12.8 Å². The normalized spacial score (nSPS) is 22.5. The van der Waals surface area contributed by atoms with Crippen LogP contribution in [-0.2, 0) is 4.79 Å². The van der Waals surface area contributed by atoms with E-state index in [1.54, 1.807) is 12.3 Å². The average Bonchev–Trinajstić information content (AvgIpc) is 3.11. The molecule has 2 bridgehead atoms. The van der Waals surface area contributed by atoms with Gasteiger partial charge in [-0.2, -0.15) is 0 Å². The topological polar surface area (TPSA) is 112 Å². The number of fused-ring (bicyclic) bond motifs is 4. The Kier molecular flexibility index (Phi) is 6.17. The maximum atomic E-state index is 12.9. The summed E-state index contributed by atoms with van der Waals surface area (Å²) in [5.41, 5.74) is 1.66. The van der Waals surface area contributed by atoms with Crippen molar-refractivity contribution in [2.24, 2.45) is 5.92 Å². The monoisotopic (exact) mass is 401 g/mol. The maximum absolute atomic E-state index is 12.9. The molecule has 1 saturated heterocycles. The first kappa shape index (κ1) is 20.8. The summed E-state index contributed by atoms with van der Waals surface area (Å²) < 4.78 is 1.97. The number of pyridine rings is 1. The molecular weight excluding hydrogens is 374 g/mol. The third kappa shape index (κ3) is 4.24. The lowest BCUT2D eigenvalue weighted by Crippen LogP contribution is -2.52. The number of aromatic nitrogens is 3. The van der Waals surface area contributed by atoms with Crippen LogP contribution in [0.3, 0.4) is 0 Å². The highest BCUT2D eigenvalue weighted by atomic mass is 16.3. The van der Waals surface area contributed by atoms with Crippen molar-refractivity contribution in [3.63, 3.8) is 0 Å². The molecule has 4 rings (SSSR count). The van der Waals surface area contributed by atoms with Gasteiger partial charge in [-0.15, -0.1) is 0 Å². The molecule has 2 N–H and O–H groups in total. The van der Waals surface area contributed by atoms with Gasteiger partial charge >= 0.3 is 0 Å². The zero-order chi connectivity index (χ0) is 21.1. The van der Waals surface area contributed by atoms with Gasteiger partial charge in [0, 0.05) is 37.3 Å². The Hall–Kier alpha value is -2.94. The average molecular weight is 401 g/mol. The zero-order valence-corrected chi connectivity index (χ0v) is 16.9. The second-order valence-corrected chi connectivity index (χ2v) is 7.88. The fraction of sp³-hybridized carbons (Fsp3) is 0.500. The molecule has 0 saturated carbocycles. The van der Waals surface area contributed by atoms with E-state index in [9.17, 15) is 9.59 Å². The van der Waals surface area contributed by atoms with Crippen molar-refractivity contribution in [2.75, 3.05) is 33.7 Å². The zero-order valence-electron chi connectivity index (χ0n) is 16.9. The van der Waals surface area contributed by atoms with Crippen molar-refractivity contribution in [1.29, 1.82) is 0 Å². The third-order valence-electron chi connectivity index (χ3n) is 5.57. The van der Waals surface area contributed by atoms with Crippen LogP contribution in [0.25, 0.3) is 0 Å². The Morgan fingerprint density at radius 1 is 1.38 bits per heavy atom. The molecule has 156 valence electrons. The molecule has 1 fully saturated rings. The minimum absolute atomic E-state index is 0.00405. The van der Waals surface area contributed by atoms with Crippen molar-refractivity contribution in [3.05, 3.63) is 52.0 Å². The molecule has 2 aromatic rings. The molecule has 4 heterocycles. The van der Waals surface area contributed by atoms with Gasteiger partial charge in [0.25, 0.3) is 17.9 Å². The maximum Gasteiger partial charge on any atom is 0.290 e. The number of likely N-dealkylation sites (tertiary alicyclic amines) is 1. The number of piperidine rings is 1.